The Hall–Kier alpha value is -3.28. The van der Waals surface area contributed by atoms with Crippen molar-refractivity contribution in [2.45, 2.75) is 30.6 Å². The molecule has 194 valence electrons. The Balaban J connectivity index is 1.57. The van der Waals surface area contributed by atoms with Crippen molar-refractivity contribution in [1.29, 1.82) is 0 Å². The minimum absolute atomic E-state index is 0.0720. The number of anilines is 1. The predicted octanol–water partition coefficient (Wildman–Crippen LogP) is 2.97. The molecule has 2 amide bonds. The minimum Gasteiger partial charge on any atom is -0.480 e. The van der Waals surface area contributed by atoms with Gasteiger partial charge in [-0.3, -0.25) is 9.59 Å². The normalized spacial score (nSPS) is 17.3. The molecule has 8 nitrogen and oxygen atoms in total. The van der Waals surface area contributed by atoms with E-state index in [0.29, 0.717) is 25.2 Å². The monoisotopic (exact) mass is 525 g/mol. The number of alkyl halides is 3. The van der Waals surface area contributed by atoms with Crippen LogP contribution in [0.2, 0.25) is 0 Å². The van der Waals surface area contributed by atoms with Crippen molar-refractivity contribution in [3.8, 4) is 5.75 Å². The molecule has 0 unspecified atom stereocenters. The lowest BCUT2D eigenvalue weighted by molar-refractivity contribution is -0.189. The Morgan fingerprint density at radius 2 is 1.75 bits per heavy atom. The third kappa shape index (κ3) is 4.99. The predicted molar refractivity (Wildman–Crippen MR) is 126 cm³/mol. The fourth-order valence-electron chi connectivity index (χ4n) is 4.33. The number of sulfone groups is 1. The van der Waals surface area contributed by atoms with E-state index in [9.17, 15) is 31.2 Å². The zero-order valence-corrected chi connectivity index (χ0v) is 20.8. The Bertz CT molecular complexity index is 1300. The molecule has 0 aromatic heterocycles. The number of piperazine rings is 1. The molecule has 0 N–H and O–H groups in total. The first-order chi connectivity index (χ1) is 16.8. The third-order valence-corrected chi connectivity index (χ3v) is 7.49. The van der Waals surface area contributed by atoms with Gasteiger partial charge >= 0.3 is 6.18 Å². The number of fused-ring (bicyclic) bond motifs is 1. The summed E-state index contributed by atoms with van der Waals surface area (Å²) in [4.78, 5) is 30.8. The average Bonchev–Trinajstić information content (AvgIpc) is 3.11. The van der Waals surface area contributed by atoms with Gasteiger partial charge in [0.15, 0.2) is 15.9 Å². The number of halogens is 3. The summed E-state index contributed by atoms with van der Waals surface area (Å²) in [6, 6.07) is 8.89. The number of hydrogen-bond acceptors (Lipinski definition) is 6. The summed E-state index contributed by atoms with van der Waals surface area (Å²) in [7, 11) is -1.99. The zero-order chi connectivity index (χ0) is 26.4. The molecule has 2 heterocycles. The maximum atomic E-state index is 13.3. The number of hydrogen-bond donors (Lipinski definition) is 0. The highest BCUT2D eigenvalue weighted by atomic mass is 32.2. The van der Waals surface area contributed by atoms with Gasteiger partial charge < -0.3 is 19.4 Å². The van der Waals surface area contributed by atoms with Crippen molar-refractivity contribution in [1.82, 2.24) is 9.80 Å². The standard InChI is InChI=1S/C24H26F3N3O5S/c1-15(24(25,26)27)35-20-8-7-17(36(3,33)34)13-18(20)22(31)30-11-9-29(10-12-30)19-6-4-5-16-14-28(2)23(32)21(16)19/h4-8,13,15H,9-12,14H2,1-3H3/t15-/m0/s1. The van der Waals surface area contributed by atoms with Gasteiger partial charge in [0.25, 0.3) is 11.8 Å². The smallest absolute Gasteiger partial charge is 0.425 e. The van der Waals surface area contributed by atoms with Gasteiger partial charge in [0.2, 0.25) is 0 Å². The lowest BCUT2D eigenvalue weighted by atomic mass is 10.1. The van der Waals surface area contributed by atoms with Gasteiger partial charge in [0, 0.05) is 51.7 Å². The van der Waals surface area contributed by atoms with Crippen LogP contribution in [-0.4, -0.2) is 81.8 Å². The first kappa shape index (κ1) is 25.8. The highest BCUT2D eigenvalue weighted by Crippen LogP contribution is 2.33. The van der Waals surface area contributed by atoms with Crippen LogP contribution in [0.1, 0.15) is 33.2 Å². The number of benzene rings is 2. The van der Waals surface area contributed by atoms with Crippen LogP contribution >= 0.6 is 0 Å². The van der Waals surface area contributed by atoms with Crippen molar-refractivity contribution >= 4 is 27.3 Å². The molecular formula is C24H26F3N3O5S. The van der Waals surface area contributed by atoms with Crippen LogP contribution in [0.3, 0.4) is 0 Å². The molecule has 2 aromatic rings. The Morgan fingerprint density at radius 1 is 1.08 bits per heavy atom. The van der Waals surface area contributed by atoms with E-state index in [4.69, 9.17) is 4.74 Å². The number of ether oxygens (including phenoxy) is 1. The zero-order valence-electron chi connectivity index (χ0n) is 20.0. The molecule has 2 aromatic carbocycles. The molecule has 2 aliphatic heterocycles. The number of carbonyl (C=O) groups excluding carboxylic acids is 2. The maximum absolute atomic E-state index is 13.3. The summed E-state index contributed by atoms with van der Waals surface area (Å²) in [6.45, 7) is 2.57. The van der Waals surface area contributed by atoms with E-state index < -0.39 is 28.0 Å². The van der Waals surface area contributed by atoms with Gasteiger partial charge in [-0.05, 0) is 36.8 Å². The largest absolute Gasteiger partial charge is 0.480 e. The lowest BCUT2D eigenvalue weighted by Crippen LogP contribution is -2.49. The van der Waals surface area contributed by atoms with Gasteiger partial charge in [-0.25, -0.2) is 8.42 Å². The van der Waals surface area contributed by atoms with Gasteiger partial charge in [-0.1, -0.05) is 12.1 Å². The van der Waals surface area contributed by atoms with Crippen molar-refractivity contribution in [3.63, 3.8) is 0 Å². The number of rotatable bonds is 5. The van der Waals surface area contributed by atoms with Crippen LogP contribution in [0.5, 0.6) is 5.75 Å². The fraction of sp³-hybridized carbons (Fsp3) is 0.417. The average molecular weight is 526 g/mol. The Labute approximate surface area is 207 Å². The molecule has 0 radical (unpaired) electrons. The van der Waals surface area contributed by atoms with Crippen LogP contribution in [-0.2, 0) is 16.4 Å². The molecule has 2 aliphatic rings. The van der Waals surface area contributed by atoms with Crippen LogP contribution in [0.25, 0.3) is 0 Å². The van der Waals surface area contributed by atoms with Crippen molar-refractivity contribution in [3.05, 3.63) is 53.1 Å². The molecule has 0 bridgehead atoms. The maximum Gasteiger partial charge on any atom is 0.425 e. The molecular weight excluding hydrogens is 499 g/mol. The minimum atomic E-state index is -4.66. The number of nitrogens with zero attached hydrogens (tertiary/aromatic N) is 3. The van der Waals surface area contributed by atoms with E-state index in [1.807, 2.05) is 23.1 Å². The molecule has 36 heavy (non-hydrogen) atoms. The van der Waals surface area contributed by atoms with E-state index >= 15 is 0 Å². The summed E-state index contributed by atoms with van der Waals surface area (Å²) in [6.07, 6.45) is -5.91. The van der Waals surface area contributed by atoms with E-state index in [1.54, 1.807) is 11.9 Å². The highest BCUT2D eigenvalue weighted by Gasteiger charge is 2.39. The first-order valence-corrected chi connectivity index (χ1v) is 13.2. The topological polar surface area (TPSA) is 87.2 Å². The molecule has 1 atom stereocenters. The third-order valence-electron chi connectivity index (χ3n) is 6.38. The number of amides is 2. The Morgan fingerprint density at radius 3 is 2.36 bits per heavy atom. The highest BCUT2D eigenvalue weighted by molar-refractivity contribution is 7.90. The first-order valence-electron chi connectivity index (χ1n) is 11.3. The van der Waals surface area contributed by atoms with Crippen molar-refractivity contribution in [2.75, 3.05) is 44.4 Å². The molecule has 0 aliphatic carbocycles. The summed E-state index contributed by atoms with van der Waals surface area (Å²) in [5.74, 6) is -1.04. The van der Waals surface area contributed by atoms with E-state index in [1.165, 1.54) is 4.90 Å². The molecule has 0 spiro atoms. The molecule has 0 saturated carbocycles. The molecule has 1 fully saturated rings. The lowest BCUT2D eigenvalue weighted by Gasteiger charge is -2.37. The second kappa shape index (κ2) is 9.30. The van der Waals surface area contributed by atoms with Gasteiger partial charge in [0.1, 0.15) is 5.75 Å². The van der Waals surface area contributed by atoms with Crippen LogP contribution in [0.15, 0.2) is 41.3 Å². The summed E-state index contributed by atoms with van der Waals surface area (Å²) in [5.41, 5.74) is 2.09. The quantitative estimate of drug-likeness (QED) is 0.597. The molecule has 1 saturated heterocycles. The summed E-state index contributed by atoms with van der Waals surface area (Å²) < 4.78 is 68.4. The van der Waals surface area contributed by atoms with E-state index in [-0.39, 0.29) is 35.2 Å². The number of carbonyl (C=O) groups is 2. The van der Waals surface area contributed by atoms with E-state index in [0.717, 1.165) is 42.6 Å². The SMILES string of the molecule is C[C@H](Oc1ccc(S(C)(=O)=O)cc1C(=O)N1CCN(c2cccc3c2C(=O)N(C)C3)CC1)C(F)(F)F. The fourth-order valence-corrected chi connectivity index (χ4v) is 4.98. The van der Waals surface area contributed by atoms with Gasteiger partial charge in [-0.2, -0.15) is 13.2 Å². The van der Waals surface area contributed by atoms with Crippen molar-refractivity contribution in [2.24, 2.45) is 0 Å². The summed E-state index contributed by atoms with van der Waals surface area (Å²) >= 11 is 0. The second-order valence-corrected chi connectivity index (χ2v) is 11.0. The second-order valence-electron chi connectivity index (χ2n) is 8.98. The van der Waals surface area contributed by atoms with Crippen molar-refractivity contribution < 1.29 is 35.9 Å². The molecule has 4 rings (SSSR count). The van der Waals surface area contributed by atoms with Crippen LogP contribution in [0.4, 0.5) is 18.9 Å². The van der Waals surface area contributed by atoms with Gasteiger partial charge in [0.05, 0.1) is 16.0 Å². The van der Waals surface area contributed by atoms with Crippen LogP contribution < -0.4 is 9.64 Å². The summed E-state index contributed by atoms with van der Waals surface area (Å²) in [5, 5.41) is 0. The van der Waals surface area contributed by atoms with E-state index in [2.05, 4.69) is 0 Å². The Kier molecular flexibility index (Phi) is 6.67. The molecule has 12 heteroatoms. The van der Waals surface area contributed by atoms with Gasteiger partial charge in [-0.15, -0.1) is 0 Å². The van der Waals surface area contributed by atoms with Crippen LogP contribution in [0, 0.1) is 0 Å².